The van der Waals surface area contributed by atoms with Gasteiger partial charge >= 0.3 is 0 Å². The van der Waals surface area contributed by atoms with E-state index >= 15 is 0 Å². The van der Waals surface area contributed by atoms with E-state index in [1.54, 1.807) is 38.1 Å². The molecule has 3 aromatic carbocycles. The molecular weight excluding hydrogens is 536 g/mol. The van der Waals surface area contributed by atoms with Crippen molar-refractivity contribution in [1.29, 1.82) is 0 Å². The van der Waals surface area contributed by atoms with E-state index in [0.29, 0.717) is 34.7 Å². The van der Waals surface area contributed by atoms with Crippen LogP contribution in [0, 0.1) is 10.1 Å². The van der Waals surface area contributed by atoms with Gasteiger partial charge in [-0.3, -0.25) is 24.5 Å². The first kappa shape index (κ1) is 27.0. The van der Waals surface area contributed by atoms with E-state index in [4.69, 9.17) is 16.0 Å². The Morgan fingerprint density at radius 3 is 2.50 bits per heavy atom. The van der Waals surface area contributed by atoms with E-state index in [1.807, 2.05) is 31.2 Å². The van der Waals surface area contributed by atoms with Crippen molar-refractivity contribution in [2.75, 3.05) is 4.90 Å². The van der Waals surface area contributed by atoms with E-state index in [1.165, 1.54) is 17.0 Å². The fourth-order valence-corrected chi connectivity index (χ4v) is 4.96. The second-order valence-electron chi connectivity index (χ2n) is 10.1. The molecule has 1 saturated heterocycles. The Morgan fingerprint density at radius 2 is 1.85 bits per heavy atom. The highest BCUT2D eigenvalue weighted by Crippen LogP contribution is 2.35. The second kappa shape index (κ2) is 10.2. The van der Waals surface area contributed by atoms with Gasteiger partial charge in [-0.05, 0) is 68.8 Å². The minimum atomic E-state index is -1.10. The van der Waals surface area contributed by atoms with Gasteiger partial charge in [-0.2, -0.15) is 0 Å². The number of imide groups is 1. The number of para-hydroxylation sites is 2. The lowest BCUT2D eigenvalue weighted by atomic mass is 9.94. The average Bonchev–Trinajstić information content (AvgIpc) is 3.49. The van der Waals surface area contributed by atoms with Gasteiger partial charge in [0.25, 0.3) is 17.5 Å². The van der Waals surface area contributed by atoms with Crippen LogP contribution < -0.4 is 4.90 Å². The predicted octanol–water partition coefficient (Wildman–Crippen LogP) is 6.02. The Labute approximate surface area is 234 Å². The Balaban J connectivity index is 1.45. The molecule has 1 atom stereocenters. The van der Waals surface area contributed by atoms with Crippen LogP contribution in [-0.2, 0) is 9.59 Å². The summed E-state index contributed by atoms with van der Waals surface area (Å²) in [4.78, 5) is 58.3. The molecule has 4 aromatic rings. The molecule has 0 bridgehead atoms. The summed E-state index contributed by atoms with van der Waals surface area (Å²) in [5, 5.41) is 11.3. The van der Waals surface area contributed by atoms with Crippen LogP contribution in [0.15, 0.2) is 71.1 Å². The topological polar surface area (TPSA) is 127 Å². The first-order chi connectivity index (χ1) is 19.0. The predicted molar refractivity (Wildman–Crippen MR) is 149 cm³/mol. The minimum absolute atomic E-state index is 0.000915. The van der Waals surface area contributed by atoms with E-state index in [0.717, 1.165) is 11.0 Å². The number of rotatable bonds is 7. The van der Waals surface area contributed by atoms with Gasteiger partial charge < -0.3 is 9.32 Å². The first-order valence-electron chi connectivity index (χ1n) is 12.6. The molecule has 1 aliphatic rings. The zero-order valence-electron chi connectivity index (χ0n) is 22.0. The van der Waals surface area contributed by atoms with Gasteiger partial charge in [0.1, 0.15) is 16.6 Å². The summed E-state index contributed by atoms with van der Waals surface area (Å²) < 4.78 is 5.81. The molecule has 0 aliphatic carbocycles. The molecule has 10 nitrogen and oxygen atoms in total. The number of nitrogens with zero attached hydrogens (tertiary/aromatic N) is 4. The van der Waals surface area contributed by atoms with Crippen LogP contribution in [0.1, 0.15) is 44.0 Å². The van der Waals surface area contributed by atoms with E-state index in [2.05, 4.69) is 4.98 Å². The Bertz CT molecular complexity index is 1630. The summed E-state index contributed by atoms with van der Waals surface area (Å²) in [6.45, 7) is 5.42. The normalized spacial score (nSPS) is 15.6. The zero-order valence-corrected chi connectivity index (χ0v) is 22.7. The minimum Gasteiger partial charge on any atom is -0.436 e. The van der Waals surface area contributed by atoms with Crippen molar-refractivity contribution < 1.29 is 23.7 Å². The molecule has 40 heavy (non-hydrogen) atoms. The standard InChI is InChI=1S/C29H25ClN4O6/c1-4-29(2,3)33(27(36)18-11-14-20(30)22(15-18)34(38)39)23-16-25(35)32(28(23)37)19-12-9-17(10-13-19)26-31-21-7-5-6-8-24(21)40-26/h5-15,23H,4,16H2,1-3H3. The van der Waals surface area contributed by atoms with Crippen LogP contribution in [-0.4, -0.2) is 44.1 Å². The number of nitro groups is 1. The summed E-state index contributed by atoms with van der Waals surface area (Å²) in [6, 6.07) is 16.7. The molecular formula is C29H25ClN4O6. The van der Waals surface area contributed by atoms with E-state index in [-0.39, 0.29) is 17.0 Å². The first-order valence-corrected chi connectivity index (χ1v) is 13.0. The van der Waals surface area contributed by atoms with Crippen molar-refractivity contribution in [2.45, 2.75) is 45.2 Å². The maximum absolute atomic E-state index is 13.8. The third-order valence-corrected chi connectivity index (χ3v) is 7.55. The van der Waals surface area contributed by atoms with Gasteiger partial charge in [-0.1, -0.05) is 30.7 Å². The molecule has 0 radical (unpaired) electrons. The molecule has 204 valence electrons. The lowest BCUT2D eigenvalue weighted by Crippen LogP contribution is -2.55. The van der Waals surface area contributed by atoms with Gasteiger partial charge in [0, 0.05) is 22.7 Å². The third-order valence-electron chi connectivity index (χ3n) is 7.23. The Hall–Kier alpha value is -4.57. The fourth-order valence-electron chi connectivity index (χ4n) is 4.77. The van der Waals surface area contributed by atoms with E-state index < -0.39 is 39.9 Å². The van der Waals surface area contributed by atoms with Crippen molar-refractivity contribution in [3.63, 3.8) is 0 Å². The highest BCUT2D eigenvalue weighted by Gasteiger charge is 2.48. The number of amides is 3. The number of anilines is 1. The number of hydrogen-bond acceptors (Lipinski definition) is 7. The van der Waals surface area contributed by atoms with Crippen molar-refractivity contribution >= 4 is 51.8 Å². The maximum Gasteiger partial charge on any atom is 0.288 e. The molecule has 11 heteroatoms. The Kier molecular flexibility index (Phi) is 6.89. The van der Waals surface area contributed by atoms with Crippen LogP contribution >= 0.6 is 11.6 Å². The van der Waals surface area contributed by atoms with Crippen LogP contribution in [0.25, 0.3) is 22.6 Å². The van der Waals surface area contributed by atoms with E-state index in [9.17, 15) is 24.5 Å². The smallest absolute Gasteiger partial charge is 0.288 e. The fraction of sp³-hybridized carbons (Fsp3) is 0.241. The van der Waals surface area contributed by atoms with Crippen LogP contribution in [0.2, 0.25) is 5.02 Å². The van der Waals surface area contributed by atoms with Crippen molar-refractivity contribution in [3.8, 4) is 11.5 Å². The molecule has 0 saturated carbocycles. The molecule has 1 aromatic heterocycles. The molecule has 1 aliphatic heterocycles. The number of aromatic nitrogens is 1. The zero-order chi connectivity index (χ0) is 28.8. The summed E-state index contributed by atoms with van der Waals surface area (Å²) in [6.07, 6.45) is 0.238. The summed E-state index contributed by atoms with van der Waals surface area (Å²) in [5.74, 6) is -1.22. The number of fused-ring (bicyclic) bond motifs is 1. The maximum atomic E-state index is 13.8. The SMILES string of the molecule is CCC(C)(C)N(C(=O)c1ccc(Cl)c([N+](=O)[O-])c1)C1CC(=O)N(c2ccc(-c3nc4ccccc4o3)cc2)C1=O. The number of halogens is 1. The number of carbonyl (C=O) groups is 3. The molecule has 0 N–H and O–H groups in total. The Morgan fingerprint density at radius 1 is 1.15 bits per heavy atom. The largest absolute Gasteiger partial charge is 0.436 e. The lowest BCUT2D eigenvalue weighted by Gasteiger charge is -2.41. The molecule has 0 spiro atoms. The highest BCUT2D eigenvalue weighted by molar-refractivity contribution is 6.32. The monoisotopic (exact) mass is 560 g/mol. The molecule has 1 fully saturated rings. The average molecular weight is 561 g/mol. The molecule has 3 amide bonds. The number of hydrogen-bond donors (Lipinski definition) is 0. The van der Waals surface area contributed by atoms with Gasteiger partial charge in [0.15, 0.2) is 5.58 Å². The number of nitro benzene ring substituents is 1. The van der Waals surface area contributed by atoms with Crippen molar-refractivity contribution in [2.24, 2.45) is 0 Å². The van der Waals surface area contributed by atoms with Crippen LogP contribution in [0.4, 0.5) is 11.4 Å². The number of carbonyl (C=O) groups excluding carboxylic acids is 3. The number of oxazole rings is 1. The summed E-state index contributed by atoms with van der Waals surface area (Å²) in [5.41, 5.74) is 1.10. The second-order valence-corrected chi connectivity index (χ2v) is 10.5. The van der Waals surface area contributed by atoms with Crippen molar-refractivity contribution in [1.82, 2.24) is 9.88 Å². The molecule has 5 rings (SSSR count). The summed E-state index contributed by atoms with van der Waals surface area (Å²) in [7, 11) is 0. The van der Waals surface area contributed by atoms with Gasteiger partial charge in [0.2, 0.25) is 11.8 Å². The van der Waals surface area contributed by atoms with Crippen LogP contribution in [0.5, 0.6) is 0 Å². The number of benzene rings is 3. The quantitative estimate of drug-likeness (QED) is 0.154. The third kappa shape index (κ3) is 4.71. The molecule has 1 unspecified atom stereocenters. The highest BCUT2D eigenvalue weighted by atomic mass is 35.5. The lowest BCUT2D eigenvalue weighted by molar-refractivity contribution is -0.384. The van der Waals surface area contributed by atoms with Crippen molar-refractivity contribution in [3.05, 3.63) is 87.4 Å². The van der Waals surface area contributed by atoms with Gasteiger partial charge in [-0.25, -0.2) is 9.88 Å². The van der Waals surface area contributed by atoms with Crippen LogP contribution in [0.3, 0.4) is 0 Å². The summed E-state index contributed by atoms with van der Waals surface area (Å²) >= 11 is 5.94. The van der Waals surface area contributed by atoms with Gasteiger partial charge in [0.05, 0.1) is 17.0 Å². The molecule has 2 heterocycles. The van der Waals surface area contributed by atoms with Gasteiger partial charge in [-0.15, -0.1) is 0 Å².